The number of hydrogen-bond donors (Lipinski definition) is 1. The topological polar surface area (TPSA) is 74.2 Å². The van der Waals surface area contributed by atoms with Crippen LogP contribution in [0, 0.1) is 5.92 Å². The Morgan fingerprint density at radius 2 is 1.95 bits per heavy atom. The van der Waals surface area contributed by atoms with Crippen molar-refractivity contribution in [2.75, 3.05) is 7.11 Å². The maximum absolute atomic E-state index is 6.02. The zero-order valence-electron chi connectivity index (χ0n) is 11.5. The van der Waals surface area contributed by atoms with Gasteiger partial charge in [0.25, 0.3) is 0 Å². The van der Waals surface area contributed by atoms with Crippen LogP contribution in [0.25, 0.3) is 11.4 Å². The molecule has 0 bridgehead atoms. The molecule has 1 aromatic heterocycles. The van der Waals surface area contributed by atoms with Crippen LogP contribution in [-0.4, -0.2) is 17.3 Å². The molecule has 0 aliphatic rings. The molecule has 5 nitrogen and oxygen atoms in total. The Balaban J connectivity index is 2.15. The highest BCUT2D eigenvalue weighted by molar-refractivity contribution is 5.55. The van der Waals surface area contributed by atoms with Gasteiger partial charge in [0.2, 0.25) is 11.7 Å². The monoisotopic (exact) mass is 261 g/mol. The van der Waals surface area contributed by atoms with Crippen molar-refractivity contribution in [2.24, 2.45) is 11.7 Å². The summed E-state index contributed by atoms with van der Waals surface area (Å²) in [5, 5.41) is 3.96. The van der Waals surface area contributed by atoms with Crippen molar-refractivity contribution in [1.29, 1.82) is 0 Å². The number of ether oxygens (including phenoxy) is 1. The lowest BCUT2D eigenvalue weighted by Crippen LogP contribution is -2.13. The van der Waals surface area contributed by atoms with Gasteiger partial charge in [-0.3, -0.25) is 0 Å². The third-order valence-electron chi connectivity index (χ3n) is 2.83. The second-order valence-corrected chi connectivity index (χ2v) is 4.92. The van der Waals surface area contributed by atoms with Gasteiger partial charge in [0.15, 0.2) is 0 Å². The van der Waals surface area contributed by atoms with Crippen LogP contribution in [0.5, 0.6) is 5.75 Å². The predicted octanol–water partition coefficient (Wildman–Crippen LogP) is 2.79. The van der Waals surface area contributed by atoms with E-state index in [9.17, 15) is 0 Å². The normalized spacial score (nSPS) is 12.7. The van der Waals surface area contributed by atoms with Crippen LogP contribution < -0.4 is 10.5 Å². The minimum atomic E-state index is -0.209. The summed E-state index contributed by atoms with van der Waals surface area (Å²) in [6, 6.07) is 7.29. The summed E-state index contributed by atoms with van der Waals surface area (Å²) in [7, 11) is 1.63. The Hall–Kier alpha value is -1.88. The minimum absolute atomic E-state index is 0.209. The highest BCUT2D eigenvalue weighted by Crippen LogP contribution is 2.23. The Bertz CT molecular complexity index is 520. The molecule has 102 valence electrons. The van der Waals surface area contributed by atoms with Gasteiger partial charge < -0.3 is 15.0 Å². The molecule has 19 heavy (non-hydrogen) atoms. The molecule has 0 saturated heterocycles. The maximum atomic E-state index is 6.02. The molecular formula is C14H19N3O2. The first-order valence-corrected chi connectivity index (χ1v) is 6.33. The van der Waals surface area contributed by atoms with Crippen molar-refractivity contribution >= 4 is 0 Å². The van der Waals surface area contributed by atoms with E-state index in [0.29, 0.717) is 17.6 Å². The first kappa shape index (κ1) is 13.5. The lowest BCUT2D eigenvalue weighted by Gasteiger charge is -2.08. The zero-order chi connectivity index (χ0) is 13.8. The summed E-state index contributed by atoms with van der Waals surface area (Å²) in [4.78, 5) is 4.35. The largest absolute Gasteiger partial charge is 0.497 e. The van der Waals surface area contributed by atoms with E-state index >= 15 is 0 Å². The van der Waals surface area contributed by atoms with E-state index < -0.39 is 0 Å². The smallest absolute Gasteiger partial charge is 0.243 e. The second-order valence-electron chi connectivity index (χ2n) is 4.92. The molecule has 0 aliphatic heterocycles. The summed E-state index contributed by atoms with van der Waals surface area (Å²) in [5.74, 6) is 2.33. The van der Waals surface area contributed by atoms with E-state index in [2.05, 4.69) is 24.0 Å². The molecule has 2 rings (SSSR count). The Kier molecular flexibility index (Phi) is 4.16. The Labute approximate surface area is 112 Å². The Morgan fingerprint density at radius 1 is 1.26 bits per heavy atom. The maximum Gasteiger partial charge on any atom is 0.243 e. The van der Waals surface area contributed by atoms with Gasteiger partial charge >= 0.3 is 0 Å². The Morgan fingerprint density at radius 3 is 2.53 bits per heavy atom. The molecular weight excluding hydrogens is 242 g/mol. The fourth-order valence-corrected chi connectivity index (χ4v) is 1.85. The molecule has 0 aliphatic carbocycles. The summed E-state index contributed by atoms with van der Waals surface area (Å²) >= 11 is 0. The van der Waals surface area contributed by atoms with Crippen LogP contribution in [0.2, 0.25) is 0 Å². The van der Waals surface area contributed by atoms with Crippen molar-refractivity contribution in [3.8, 4) is 17.1 Å². The average Bonchev–Trinajstić information content (AvgIpc) is 2.88. The zero-order valence-corrected chi connectivity index (χ0v) is 11.5. The molecule has 0 amide bonds. The fourth-order valence-electron chi connectivity index (χ4n) is 1.85. The standard InChI is InChI=1S/C14H19N3O2/c1-9(2)8-12(15)14-16-13(17-19-14)10-4-6-11(18-3)7-5-10/h4-7,9,12H,8,15H2,1-3H3/t12-/m0/s1. The van der Waals surface area contributed by atoms with Crippen molar-refractivity contribution in [3.63, 3.8) is 0 Å². The molecule has 2 N–H and O–H groups in total. The first-order valence-electron chi connectivity index (χ1n) is 6.33. The van der Waals surface area contributed by atoms with Gasteiger partial charge in [-0.1, -0.05) is 19.0 Å². The summed E-state index contributed by atoms with van der Waals surface area (Å²) in [5.41, 5.74) is 6.90. The third kappa shape index (κ3) is 3.32. The molecule has 0 saturated carbocycles. The molecule has 1 atom stereocenters. The number of hydrogen-bond acceptors (Lipinski definition) is 5. The van der Waals surface area contributed by atoms with E-state index in [4.69, 9.17) is 15.0 Å². The van der Waals surface area contributed by atoms with Crippen molar-refractivity contribution < 1.29 is 9.26 Å². The number of rotatable bonds is 5. The lowest BCUT2D eigenvalue weighted by atomic mass is 10.0. The third-order valence-corrected chi connectivity index (χ3v) is 2.83. The van der Waals surface area contributed by atoms with Crippen molar-refractivity contribution in [2.45, 2.75) is 26.3 Å². The van der Waals surface area contributed by atoms with E-state index in [-0.39, 0.29) is 6.04 Å². The summed E-state index contributed by atoms with van der Waals surface area (Å²) < 4.78 is 10.3. The van der Waals surface area contributed by atoms with Crippen LogP contribution in [0.3, 0.4) is 0 Å². The molecule has 1 aromatic carbocycles. The number of benzene rings is 1. The molecule has 1 heterocycles. The summed E-state index contributed by atoms with van der Waals surface area (Å²) in [6.07, 6.45) is 0.824. The van der Waals surface area contributed by atoms with Crippen LogP contribution >= 0.6 is 0 Å². The quantitative estimate of drug-likeness (QED) is 0.895. The fraction of sp³-hybridized carbons (Fsp3) is 0.429. The minimum Gasteiger partial charge on any atom is -0.497 e. The van der Waals surface area contributed by atoms with E-state index in [1.54, 1.807) is 7.11 Å². The SMILES string of the molecule is COc1ccc(-c2noc([C@@H](N)CC(C)C)n2)cc1. The van der Waals surface area contributed by atoms with Gasteiger partial charge in [0, 0.05) is 5.56 Å². The van der Waals surface area contributed by atoms with Crippen LogP contribution in [-0.2, 0) is 0 Å². The molecule has 2 aromatic rings. The highest BCUT2D eigenvalue weighted by Gasteiger charge is 2.16. The molecule has 5 heteroatoms. The number of methoxy groups -OCH3 is 1. The molecule has 0 fully saturated rings. The molecule has 0 unspecified atom stereocenters. The van der Waals surface area contributed by atoms with Gasteiger partial charge in [0.05, 0.1) is 13.2 Å². The van der Waals surface area contributed by atoms with Gasteiger partial charge in [-0.25, -0.2) is 0 Å². The van der Waals surface area contributed by atoms with E-state index in [1.807, 2.05) is 24.3 Å². The van der Waals surface area contributed by atoms with E-state index in [1.165, 1.54) is 0 Å². The van der Waals surface area contributed by atoms with Crippen LogP contribution in [0.4, 0.5) is 0 Å². The summed E-state index contributed by atoms with van der Waals surface area (Å²) in [6.45, 7) is 4.22. The lowest BCUT2D eigenvalue weighted by molar-refractivity contribution is 0.335. The van der Waals surface area contributed by atoms with Crippen LogP contribution in [0.1, 0.15) is 32.2 Å². The van der Waals surface area contributed by atoms with Crippen LogP contribution in [0.15, 0.2) is 28.8 Å². The van der Waals surface area contributed by atoms with Gasteiger partial charge in [-0.2, -0.15) is 4.98 Å². The van der Waals surface area contributed by atoms with Gasteiger partial charge in [0.1, 0.15) is 5.75 Å². The number of nitrogens with zero attached hydrogens (tertiary/aromatic N) is 2. The number of nitrogens with two attached hydrogens (primary N) is 1. The second kappa shape index (κ2) is 5.84. The predicted molar refractivity (Wildman–Crippen MR) is 72.7 cm³/mol. The molecule has 0 radical (unpaired) electrons. The van der Waals surface area contributed by atoms with E-state index in [0.717, 1.165) is 17.7 Å². The highest BCUT2D eigenvalue weighted by atomic mass is 16.5. The molecule has 0 spiro atoms. The van der Waals surface area contributed by atoms with Crippen molar-refractivity contribution in [1.82, 2.24) is 10.1 Å². The van der Waals surface area contributed by atoms with Gasteiger partial charge in [-0.05, 0) is 36.6 Å². The first-order chi connectivity index (χ1) is 9.10. The average molecular weight is 261 g/mol. The number of aromatic nitrogens is 2. The van der Waals surface area contributed by atoms with Crippen molar-refractivity contribution in [3.05, 3.63) is 30.2 Å². The van der Waals surface area contributed by atoms with Gasteiger partial charge in [-0.15, -0.1) is 0 Å².